The zero-order chi connectivity index (χ0) is 22.6. The van der Waals surface area contributed by atoms with Gasteiger partial charge in [0.25, 0.3) is 5.91 Å². The summed E-state index contributed by atoms with van der Waals surface area (Å²) < 4.78 is 11.0. The molecule has 1 unspecified atom stereocenters. The molecule has 11 heteroatoms. The topological polar surface area (TPSA) is 118 Å². The summed E-state index contributed by atoms with van der Waals surface area (Å²) in [6.07, 6.45) is 5.17. The molecular weight excluding hydrogens is 442 g/mol. The van der Waals surface area contributed by atoms with E-state index in [1.807, 2.05) is 24.3 Å². The third-order valence-corrected chi connectivity index (χ3v) is 5.86. The van der Waals surface area contributed by atoms with Crippen LogP contribution in [0.3, 0.4) is 0 Å². The lowest BCUT2D eigenvalue weighted by Crippen LogP contribution is -2.35. The van der Waals surface area contributed by atoms with Gasteiger partial charge in [-0.1, -0.05) is 12.1 Å². The fraction of sp³-hybridized carbons (Fsp3) is 0.318. The summed E-state index contributed by atoms with van der Waals surface area (Å²) in [5.41, 5.74) is 2.46. The summed E-state index contributed by atoms with van der Waals surface area (Å²) in [5.74, 6) is 1.16. The number of para-hydroxylation sites is 1. The molecule has 5 rings (SSSR count). The number of pyridine rings is 1. The van der Waals surface area contributed by atoms with E-state index in [1.54, 1.807) is 12.4 Å². The van der Waals surface area contributed by atoms with Gasteiger partial charge >= 0.3 is 0 Å². The number of amides is 1. The predicted octanol–water partition coefficient (Wildman–Crippen LogP) is 2.54. The lowest BCUT2D eigenvalue weighted by atomic mass is 10.1. The molecule has 0 bridgehead atoms. The van der Waals surface area contributed by atoms with Crippen molar-refractivity contribution >= 4 is 46.7 Å². The van der Waals surface area contributed by atoms with Gasteiger partial charge in [0.2, 0.25) is 0 Å². The maximum Gasteiger partial charge on any atom is 0.270 e. The van der Waals surface area contributed by atoms with Crippen LogP contribution in [0.25, 0.3) is 22.1 Å². The van der Waals surface area contributed by atoms with E-state index in [0.717, 1.165) is 36.1 Å². The number of thiol groups is 1. The highest BCUT2D eigenvalue weighted by Gasteiger charge is 2.28. The molecule has 1 atom stereocenters. The number of ether oxygens (including phenoxy) is 1. The number of anilines is 1. The Morgan fingerprint density at radius 3 is 3.09 bits per heavy atom. The van der Waals surface area contributed by atoms with Crippen LogP contribution in [-0.2, 0) is 4.18 Å². The van der Waals surface area contributed by atoms with Crippen molar-refractivity contribution in [3.63, 3.8) is 0 Å². The second-order valence-electron chi connectivity index (χ2n) is 7.71. The molecule has 10 nitrogen and oxygen atoms in total. The Bertz CT molecular complexity index is 1280. The second kappa shape index (κ2) is 9.59. The summed E-state index contributed by atoms with van der Waals surface area (Å²) in [5, 5.41) is 3.63. The average molecular weight is 466 g/mol. The van der Waals surface area contributed by atoms with E-state index < -0.39 is 0 Å². The molecule has 1 aliphatic rings. The number of aromatic nitrogens is 5. The van der Waals surface area contributed by atoms with Gasteiger partial charge in [0.1, 0.15) is 29.9 Å². The minimum atomic E-state index is -0.291. The van der Waals surface area contributed by atoms with Gasteiger partial charge in [-0.2, -0.15) is 0 Å². The molecular formula is C22H23N7O3S. The Hall–Kier alpha value is -3.44. The first-order valence-electron chi connectivity index (χ1n) is 10.7. The molecule has 2 N–H and O–H groups in total. The number of aromatic amines is 1. The molecule has 0 radical (unpaired) electrons. The van der Waals surface area contributed by atoms with E-state index in [4.69, 9.17) is 8.92 Å². The van der Waals surface area contributed by atoms with Gasteiger partial charge in [0, 0.05) is 24.5 Å². The van der Waals surface area contributed by atoms with Crippen molar-refractivity contribution < 1.29 is 13.7 Å². The minimum Gasteiger partial charge on any atom is -0.491 e. The molecule has 0 aliphatic carbocycles. The first-order chi connectivity index (χ1) is 16.2. The van der Waals surface area contributed by atoms with Crippen LogP contribution in [0.4, 0.5) is 5.82 Å². The van der Waals surface area contributed by atoms with Crippen LogP contribution in [-0.4, -0.2) is 63.2 Å². The van der Waals surface area contributed by atoms with Gasteiger partial charge in [-0.15, -0.1) is 0 Å². The number of hydrogen-bond donors (Lipinski definition) is 3. The molecule has 1 aromatic carbocycles. The highest BCUT2D eigenvalue weighted by Crippen LogP contribution is 2.30. The number of nitrogens with zero attached hydrogens (tertiary/aromatic N) is 5. The number of fused-ring (bicyclic) bond motifs is 2. The van der Waals surface area contributed by atoms with E-state index in [2.05, 4.69) is 48.0 Å². The first kappa shape index (κ1) is 21.4. The largest absolute Gasteiger partial charge is 0.491 e. The molecule has 0 saturated carbocycles. The highest BCUT2D eigenvalue weighted by molar-refractivity contribution is 7.75. The molecule has 170 valence electrons. The van der Waals surface area contributed by atoms with Crippen LogP contribution < -0.4 is 15.0 Å². The Balaban J connectivity index is 1.38. The zero-order valence-electron chi connectivity index (χ0n) is 17.8. The van der Waals surface area contributed by atoms with Gasteiger partial charge in [-0.3, -0.25) is 4.79 Å². The lowest BCUT2D eigenvalue weighted by molar-refractivity contribution is 0.0943. The normalized spacial score (nSPS) is 15.9. The van der Waals surface area contributed by atoms with E-state index >= 15 is 0 Å². The molecule has 4 heterocycles. The van der Waals surface area contributed by atoms with Crippen LogP contribution in [0, 0.1) is 0 Å². The van der Waals surface area contributed by atoms with E-state index in [9.17, 15) is 4.79 Å². The molecule has 0 spiro atoms. The smallest absolute Gasteiger partial charge is 0.270 e. The maximum atomic E-state index is 12.6. The number of rotatable bonds is 8. The Kier molecular flexibility index (Phi) is 6.22. The molecule has 1 fully saturated rings. The van der Waals surface area contributed by atoms with Gasteiger partial charge in [0.05, 0.1) is 24.5 Å². The predicted molar refractivity (Wildman–Crippen MR) is 127 cm³/mol. The third-order valence-electron chi connectivity index (χ3n) is 5.67. The number of H-pyrrole nitrogens is 1. The number of hydrogen-bond acceptors (Lipinski definition) is 9. The van der Waals surface area contributed by atoms with Crippen molar-refractivity contribution in [3.8, 4) is 5.75 Å². The maximum absolute atomic E-state index is 12.6. The Morgan fingerprint density at radius 2 is 2.18 bits per heavy atom. The van der Waals surface area contributed by atoms with Gasteiger partial charge in [-0.05, 0) is 37.9 Å². The van der Waals surface area contributed by atoms with Crippen molar-refractivity contribution in [2.24, 2.45) is 0 Å². The molecule has 33 heavy (non-hydrogen) atoms. The number of benzene rings is 1. The lowest BCUT2D eigenvalue weighted by Gasteiger charge is -2.26. The standard InChI is InChI=1S/C22H23N7O3S/c30-22(23-7-9-32-33)17-10-18(15-5-1-2-6-16(15)28-17)31-11-14-4-3-8-29(14)21-19-20(25-12-24-19)26-13-27-21/h1-2,5-6,10,12-14,33H,3-4,7-9,11H2,(H,23,30)(H,24,25,26,27). The summed E-state index contributed by atoms with van der Waals surface area (Å²) in [4.78, 5) is 35.4. The van der Waals surface area contributed by atoms with Crippen LogP contribution in [0.5, 0.6) is 5.75 Å². The van der Waals surface area contributed by atoms with Crippen molar-refractivity contribution in [3.05, 3.63) is 48.7 Å². The first-order valence-corrected chi connectivity index (χ1v) is 11.1. The Morgan fingerprint density at radius 1 is 1.27 bits per heavy atom. The SMILES string of the molecule is O=C(NCCOS)c1cc(OCC2CCCN2c2ncnc3nc[nH]c23)c2ccccc2n1. The monoisotopic (exact) mass is 465 g/mol. The minimum absolute atomic E-state index is 0.128. The van der Waals surface area contributed by atoms with Crippen molar-refractivity contribution in [1.82, 2.24) is 30.2 Å². The van der Waals surface area contributed by atoms with Crippen molar-refractivity contribution in [2.45, 2.75) is 18.9 Å². The van der Waals surface area contributed by atoms with Gasteiger partial charge in [-0.25, -0.2) is 19.9 Å². The van der Waals surface area contributed by atoms with Crippen LogP contribution in [0.15, 0.2) is 43.0 Å². The van der Waals surface area contributed by atoms with Crippen LogP contribution in [0.1, 0.15) is 23.3 Å². The number of imidazole rings is 1. The summed E-state index contributed by atoms with van der Waals surface area (Å²) in [7, 11) is 0. The molecule has 3 aromatic heterocycles. The van der Waals surface area contributed by atoms with Crippen molar-refractivity contribution in [1.29, 1.82) is 0 Å². The molecule has 4 aromatic rings. The van der Waals surface area contributed by atoms with E-state index in [0.29, 0.717) is 42.4 Å². The van der Waals surface area contributed by atoms with Crippen LogP contribution in [0.2, 0.25) is 0 Å². The summed E-state index contributed by atoms with van der Waals surface area (Å²) in [6.45, 7) is 1.96. The number of carbonyl (C=O) groups excluding carboxylic acids is 1. The molecule has 1 aliphatic heterocycles. The molecule has 1 saturated heterocycles. The summed E-state index contributed by atoms with van der Waals surface area (Å²) in [6, 6.07) is 9.45. The molecule has 1 amide bonds. The highest BCUT2D eigenvalue weighted by atomic mass is 32.1. The summed E-state index contributed by atoms with van der Waals surface area (Å²) >= 11 is 3.69. The fourth-order valence-corrected chi connectivity index (χ4v) is 4.22. The second-order valence-corrected chi connectivity index (χ2v) is 7.97. The van der Waals surface area contributed by atoms with Crippen LogP contribution >= 0.6 is 12.9 Å². The quantitative estimate of drug-likeness (QED) is 0.206. The Labute approximate surface area is 195 Å². The average Bonchev–Trinajstić information content (AvgIpc) is 3.52. The number of nitrogens with one attached hydrogen (secondary N) is 2. The zero-order valence-corrected chi connectivity index (χ0v) is 18.7. The van der Waals surface area contributed by atoms with E-state index in [1.165, 1.54) is 6.33 Å². The van der Waals surface area contributed by atoms with Gasteiger partial charge < -0.3 is 24.1 Å². The third kappa shape index (κ3) is 4.41. The van der Waals surface area contributed by atoms with E-state index in [-0.39, 0.29) is 11.9 Å². The van der Waals surface area contributed by atoms with Crippen molar-refractivity contribution in [2.75, 3.05) is 31.2 Å². The number of carbonyl (C=O) groups is 1. The fourth-order valence-electron chi connectivity index (χ4n) is 4.12. The van der Waals surface area contributed by atoms with Gasteiger partial charge in [0.15, 0.2) is 11.5 Å².